The first-order chi connectivity index (χ1) is 11.4. The highest BCUT2D eigenvalue weighted by atomic mass is 16.5. The number of rotatable bonds is 6. The van der Waals surface area contributed by atoms with Gasteiger partial charge in [-0.2, -0.15) is 0 Å². The summed E-state index contributed by atoms with van der Waals surface area (Å²) in [5.41, 5.74) is 4.80. The van der Waals surface area contributed by atoms with Crippen LogP contribution in [-0.4, -0.2) is 12.0 Å². The van der Waals surface area contributed by atoms with E-state index in [-0.39, 0.29) is 11.9 Å². The Morgan fingerprint density at radius 2 is 1.71 bits per heavy atom. The molecule has 0 unspecified atom stereocenters. The van der Waals surface area contributed by atoms with Crippen LogP contribution in [0.25, 0.3) is 0 Å². The van der Waals surface area contributed by atoms with E-state index in [1.165, 1.54) is 16.7 Å². The summed E-state index contributed by atoms with van der Waals surface area (Å²) in [7, 11) is 0. The summed E-state index contributed by atoms with van der Waals surface area (Å²) in [5.74, 6) is 0.614. The van der Waals surface area contributed by atoms with E-state index in [0.29, 0.717) is 5.75 Å². The smallest absolute Gasteiger partial charge is 0.261 e. The fourth-order valence-corrected chi connectivity index (χ4v) is 2.57. The van der Waals surface area contributed by atoms with Gasteiger partial charge in [0, 0.05) is 0 Å². The van der Waals surface area contributed by atoms with Crippen molar-refractivity contribution in [2.45, 2.75) is 53.2 Å². The number of carbonyl (C=O) groups excluding carboxylic acids is 1. The molecule has 2 rings (SSSR count). The van der Waals surface area contributed by atoms with Gasteiger partial charge in [0.1, 0.15) is 5.75 Å². The van der Waals surface area contributed by atoms with Crippen LogP contribution in [0.15, 0.2) is 42.5 Å². The first-order valence-corrected chi connectivity index (χ1v) is 8.51. The van der Waals surface area contributed by atoms with Gasteiger partial charge in [0.15, 0.2) is 6.10 Å². The van der Waals surface area contributed by atoms with E-state index in [1.54, 1.807) is 6.92 Å². The van der Waals surface area contributed by atoms with Crippen LogP contribution >= 0.6 is 0 Å². The van der Waals surface area contributed by atoms with E-state index >= 15 is 0 Å². The lowest BCUT2D eigenvalue weighted by molar-refractivity contribution is -0.128. The molecule has 3 heteroatoms. The van der Waals surface area contributed by atoms with Gasteiger partial charge in [0.2, 0.25) is 0 Å². The minimum Gasteiger partial charge on any atom is -0.481 e. The highest BCUT2D eigenvalue weighted by molar-refractivity contribution is 5.81. The van der Waals surface area contributed by atoms with Gasteiger partial charge < -0.3 is 10.1 Å². The topological polar surface area (TPSA) is 38.3 Å². The molecule has 2 aromatic rings. The van der Waals surface area contributed by atoms with Crippen LogP contribution in [-0.2, 0) is 4.79 Å². The Hall–Kier alpha value is -2.29. The molecule has 0 heterocycles. The predicted octanol–water partition coefficient (Wildman–Crippen LogP) is 4.65. The molecule has 128 valence electrons. The van der Waals surface area contributed by atoms with Crippen LogP contribution in [0.4, 0.5) is 0 Å². The average molecular weight is 325 g/mol. The van der Waals surface area contributed by atoms with Gasteiger partial charge in [-0.25, -0.2) is 0 Å². The number of amides is 1. The minimum atomic E-state index is -0.534. The van der Waals surface area contributed by atoms with Crippen molar-refractivity contribution in [2.24, 2.45) is 0 Å². The first kappa shape index (κ1) is 18.1. The van der Waals surface area contributed by atoms with E-state index in [4.69, 9.17) is 4.74 Å². The number of nitrogens with one attached hydrogen (secondary N) is 1. The van der Waals surface area contributed by atoms with Crippen molar-refractivity contribution in [1.29, 1.82) is 0 Å². The molecule has 0 aliphatic carbocycles. The molecule has 0 aliphatic rings. The molecule has 0 aromatic heterocycles. The Labute approximate surface area is 145 Å². The van der Waals surface area contributed by atoms with Gasteiger partial charge in [-0.3, -0.25) is 4.79 Å². The van der Waals surface area contributed by atoms with Crippen molar-refractivity contribution >= 4 is 5.91 Å². The zero-order chi connectivity index (χ0) is 17.7. The third kappa shape index (κ3) is 4.60. The zero-order valence-electron chi connectivity index (χ0n) is 15.2. The maximum Gasteiger partial charge on any atom is 0.261 e. The van der Waals surface area contributed by atoms with Gasteiger partial charge in [-0.1, -0.05) is 42.8 Å². The second-order valence-corrected chi connectivity index (χ2v) is 6.39. The average Bonchev–Trinajstić information content (AvgIpc) is 2.57. The van der Waals surface area contributed by atoms with E-state index in [9.17, 15) is 4.79 Å². The van der Waals surface area contributed by atoms with Gasteiger partial charge in [0.05, 0.1) is 6.04 Å². The summed E-state index contributed by atoms with van der Waals surface area (Å²) in [5, 5.41) is 3.10. The molecule has 2 atom stereocenters. The van der Waals surface area contributed by atoms with Crippen LogP contribution < -0.4 is 10.1 Å². The van der Waals surface area contributed by atoms with E-state index in [0.717, 1.165) is 12.0 Å². The quantitative estimate of drug-likeness (QED) is 0.840. The Bertz CT molecular complexity index is 691. The lowest BCUT2D eigenvalue weighted by atomic mass is 9.99. The summed E-state index contributed by atoms with van der Waals surface area (Å²) in [6, 6.07) is 14.1. The Balaban J connectivity index is 2.02. The summed E-state index contributed by atoms with van der Waals surface area (Å²) in [4.78, 5) is 12.5. The molecule has 2 aromatic carbocycles. The predicted molar refractivity (Wildman–Crippen MR) is 98.4 cm³/mol. The van der Waals surface area contributed by atoms with Crippen molar-refractivity contribution in [3.05, 3.63) is 64.7 Å². The molecule has 0 aliphatic heterocycles. The molecule has 0 saturated carbocycles. The third-order valence-corrected chi connectivity index (χ3v) is 4.36. The second kappa shape index (κ2) is 8.00. The zero-order valence-corrected chi connectivity index (χ0v) is 15.2. The van der Waals surface area contributed by atoms with Crippen LogP contribution in [0.1, 0.15) is 48.6 Å². The van der Waals surface area contributed by atoms with Gasteiger partial charge in [0.25, 0.3) is 5.91 Å². The summed E-state index contributed by atoms with van der Waals surface area (Å²) in [6.07, 6.45) is 0.305. The third-order valence-electron chi connectivity index (χ3n) is 4.36. The van der Waals surface area contributed by atoms with Crippen molar-refractivity contribution in [1.82, 2.24) is 5.32 Å². The number of hydrogen-bond acceptors (Lipinski definition) is 2. The maximum atomic E-state index is 12.5. The van der Waals surface area contributed by atoms with Crippen molar-refractivity contribution in [2.75, 3.05) is 0 Å². The normalized spacial score (nSPS) is 13.2. The molecule has 1 amide bonds. The number of benzene rings is 2. The molecule has 0 saturated heterocycles. The molecule has 0 bridgehead atoms. The van der Waals surface area contributed by atoms with Gasteiger partial charge in [-0.15, -0.1) is 0 Å². The maximum absolute atomic E-state index is 12.5. The molecule has 0 radical (unpaired) electrons. The summed E-state index contributed by atoms with van der Waals surface area (Å²) < 4.78 is 5.74. The van der Waals surface area contributed by atoms with Crippen molar-refractivity contribution in [3.8, 4) is 5.75 Å². The Morgan fingerprint density at radius 1 is 1.04 bits per heavy atom. The van der Waals surface area contributed by atoms with E-state index < -0.39 is 6.10 Å². The summed E-state index contributed by atoms with van der Waals surface area (Å²) >= 11 is 0. The minimum absolute atomic E-state index is 0.000804. The van der Waals surface area contributed by atoms with Crippen LogP contribution in [0.2, 0.25) is 0 Å². The lowest BCUT2D eigenvalue weighted by Crippen LogP contribution is -2.38. The molecule has 0 fully saturated rings. The van der Waals surface area contributed by atoms with Crippen LogP contribution in [0, 0.1) is 20.8 Å². The largest absolute Gasteiger partial charge is 0.481 e. The SMILES string of the molecule is CC[C@H](NC(=O)[C@@H](C)Oc1ccc(C)cc1)c1ccc(C)c(C)c1. The van der Waals surface area contributed by atoms with Crippen molar-refractivity contribution in [3.63, 3.8) is 0 Å². The highest BCUT2D eigenvalue weighted by Crippen LogP contribution is 2.20. The number of hydrogen-bond donors (Lipinski definition) is 1. The molecule has 3 nitrogen and oxygen atoms in total. The van der Waals surface area contributed by atoms with E-state index in [2.05, 4.69) is 44.3 Å². The van der Waals surface area contributed by atoms with Crippen molar-refractivity contribution < 1.29 is 9.53 Å². The molecular weight excluding hydrogens is 298 g/mol. The molecule has 0 spiro atoms. The second-order valence-electron chi connectivity index (χ2n) is 6.39. The number of aryl methyl sites for hydroxylation is 3. The van der Waals surface area contributed by atoms with Crippen LogP contribution in [0.5, 0.6) is 5.75 Å². The lowest BCUT2D eigenvalue weighted by Gasteiger charge is -2.21. The monoisotopic (exact) mass is 325 g/mol. The Kier molecular flexibility index (Phi) is 6.02. The fourth-order valence-electron chi connectivity index (χ4n) is 2.57. The number of carbonyl (C=O) groups is 1. The van der Waals surface area contributed by atoms with E-state index in [1.807, 2.05) is 31.2 Å². The number of ether oxygens (including phenoxy) is 1. The first-order valence-electron chi connectivity index (χ1n) is 8.51. The Morgan fingerprint density at radius 3 is 2.29 bits per heavy atom. The molecule has 1 N–H and O–H groups in total. The summed E-state index contributed by atoms with van der Waals surface area (Å²) in [6.45, 7) is 10.1. The van der Waals surface area contributed by atoms with Crippen LogP contribution in [0.3, 0.4) is 0 Å². The van der Waals surface area contributed by atoms with Gasteiger partial charge in [-0.05, 0) is 62.9 Å². The highest BCUT2D eigenvalue weighted by Gasteiger charge is 2.19. The molecular formula is C21H27NO2. The standard InChI is InChI=1S/C21H27NO2/c1-6-20(18-10-9-15(3)16(4)13-18)22-21(23)17(5)24-19-11-7-14(2)8-12-19/h7-13,17,20H,6H2,1-5H3,(H,22,23)/t17-,20+/m1/s1. The van der Waals surface area contributed by atoms with Gasteiger partial charge >= 0.3 is 0 Å². The fraction of sp³-hybridized carbons (Fsp3) is 0.381. The molecule has 24 heavy (non-hydrogen) atoms.